The second-order valence-electron chi connectivity index (χ2n) is 3.80. The van der Waals surface area contributed by atoms with Crippen molar-refractivity contribution in [2.45, 2.75) is 23.4 Å². The zero-order valence-electron chi connectivity index (χ0n) is 10.2. The summed E-state index contributed by atoms with van der Waals surface area (Å²) in [5.41, 5.74) is 0.965. The molecule has 0 amide bonds. The molecule has 1 aromatic carbocycles. The van der Waals surface area contributed by atoms with Gasteiger partial charge in [-0.2, -0.15) is 0 Å². The number of pyridine rings is 1. The highest BCUT2D eigenvalue weighted by molar-refractivity contribution is 7.99. The molecular weight excluding hydrogens is 247 g/mol. The van der Waals surface area contributed by atoms with Crippen molar-refractivity contribution in [3.63, 3.8) is 0 Å². The van der Waals surface area contributed by atoms with Gasteiger partial charge in [-0.3, -0.25) is 0 Å². The molecule has 0 radical (unpaired) electrons. The number of hydrogen-bond donors (Lipinski definition) is 1. The maximum atomic E-state index is 13.3. The van der Waals surface area contributed by atoms with Crippen molar-refractivity contribution < 1.29 is 4.39 Å². The highest BCUT2D eigenvalue weighted by atomic mass is 32.2. The van der Waals surface area contributed by atoms with Crippen LogP contribution in [-0.2, 0) is 6.54 Å². The average Bonchev–Trinajstić information content (AvgIpc) is 2.40. The van der Waals surface area contributed by atoms with Crippen LogP contribution in [0.5, 0.6) is 0 Å². The van der Waals surface area contributed by atoms with E-state index in [4.69, 9.17) is 0 Å². The van der Waals surface area contributed by atoms with Crippen LogP contribution in [0.15, 0.2) is 52.5 Å². The molecule has 0 fully saturated rings. The first kappa shape index (κ1) is 13.1. The summed E-state index contributed by atoms with van der Waals surface area (Å²) in [7, 11) is 0. The average molecular weight is 262 g/mol. The zero-order chi connectivity index (χ0) is 12.8. The fourth-order valence-corrected chi connectivity index (χ4v) is 2.45. The molecule has 4 heteroatoms. The normalized spacial score (nSPS) is 10.6. The van der Waals surface area contributed by atoms with E-state index in [1.165, 1.54) is 6.07 Å². The molecule has 2 rings (SSSR count). The van der Waals surface area contributed by atoms with Gasteiger partial charge in [0, 0.05) is 17.6 Å². The van der Waals surface area contributed by atoms with Crippen LogP contribution < -0.4 is 5.32 Å². The number of benzene rings is 1. The van der Waals surface area contributed by atoms with E-state index in [0.29, 0.717) is 6.54 Å². The van der Waals surface area contributed by atoms with Gasteiger partial charge in [0.15, 0.2) is 0 Å². The summed E-state index contributed by atoms with van der Waals surface area (Å²) in [5, 5.41) is 4.14. The molecule has 0 aliphatic rings. The van der Waals surface area contributed by atoms with Gasteiger partial charge in [0.05, 0.1) is 0 Å². The standard InChI is InChI=1S/C14H15FN2S/c1-2-16-10-11-9-12(15)6-7-13(11)18-14-5-3-4-8-17-14/h3-9,16H,2,10H2,1H3. The van der Waals surface area contributed by atoms with Gasteiger partial charge < -0.3 is 5.32 Å². The van der Waals surface area contributed by atoms with Crippen molar-refractivity contribution in [3.05, 3.63) is 54.0 Å². The molecule has 0 atom stereocenters. The molecule has 94 valence electrons. The molecule has 1 N–H and O–H groups in total. The predicted octanol–water partition coefficient (Wildman–Crippen LogP) is 3.48. The van der Waals surface area contributed by atoms with Crippen LogP contribution in [0.1, 0.15) is 12.5 Å². The Hall–Kier alpha value is -1.39. The number of nitrogens with one attached hydrogen (secondary N) is 1. The summed E-state index contributed by atoms with van der Waals surface area (Å²) in [6.07, 6.45) is 1.76. The first-order valence-corrected chi connectivity index (χ1v) is 6.69. The van der Waals surface area contributed by atoms with E-state index >= 15 is 0 Å². The molecule has 0 saturated heterocycles. The Morgan fingerprint density at radius 3 is 2.89 bits per heavy atom. The number of nitrogens with zero attached hydrogens (tertiary/aromatic N) is 1. The maximum absolute atomic E-state index is 13.3. The second-order valence-corrected chi connectivity index (χ2v) is 4.86. The summed E-state index contributed by atoms with van der Waals surface area (Å²) in [6, 6.07) is 10.7. The lowest BCUT2D eigenvalue weighted by Gasteiger charge is -2.09. The monoisotopic (exact) mass is 262 g/mol. The Balaban J connectivity index is 2.21. The van der Waals surface area contributed by atoms with Gasteiger partial charge in [-0.1, -0.05) is 24.8 Å². The molecule has 0 bridgehead atoms. The molecule has 2 nitrogen and oxygen atoms in total. The smallest absolute Gasteiger partial charge is 0.123 e. The fraction of sp³-hybridized carbons (Fsp3) is 0.214. The number of hydrogen-bond acceptors (Lipinski definition) is 3. The quantitative estimate of drug-likeness (QED) is 0.893. The van der Waals surface area contributed by atoms with Crippen molar-refractivity contribution in [2.24, 2.45) is 0 Å². The Labute approximate surface area is 111 Å². The third-order valence-electron chi connectivity index (χ3n) is 2.44. The van der Waals surface area contributed by atoms with Crippen LogP contribution in [0.25, 0.3) is 0 Å². The molecule has 0 aliphatic heterocycles. The molecule has 1 aromatic heterocycles. The third kappa shape index (κ3) is 3.55. The lowest BCUT2D eigenvalue weighted by atomic mass is 10.2. The van der Waals surface area contributed by atoms with E-state index in [2.05, 4.69) is 10.3 Å². The minimum absolute atomic E-state index is 0.201. The first-order valence-electron chi connectivity index (χ1n) is 5.87. The summed E-state index contributed by atoms with van der Waals surface area (Å²) in [5.74, 6) is -0.201. The second kappa shape index (κ2) is 6.52. The van der Waals surface area contributed by atoms with Crippen LogP contribution >= 0.6 is 11.8 Å². The zero-order valence-corrected chi connectivity index (χ0v) is 11.0. The summed E-state index contributed by atoms with van der Waals surface area (Å²) in [4.78, 5) is 5.30. The Morgan fingerprint density at radius 1 is 1.28 bits per heavy atom. The van der Waals surface area contributed by atoms with Crippen LogP contribution in [-0.4, -0.2) is 11.5 Å². The molecular formula is C14H15FN2S. The molecule has 0 aliphatic carbocycles. The van der Waals surface area contributed by atoms with Gasteiger partial charge in [-0.05, 0) is 42.4 Å². The Bertz CT molecular complexity index is 502. The molecule has 2 aromatic rings. The van der Waals surface area contributed by atoms with Crippen LogP contribution in [0.3, 0.4) is 0 Å². The largest absolute Gasteiger partial charge is 0.313 e. The van der Waals surface area contributed by atoms with E-state index in [1.54, 1.807) is 30.1 Å². The third-order valence-corrected chi connectivity index (χ3v) is 3.51. The topological polar surface area (TPSA) is 24.9 Å². The molecule has 0 unspecified atom stereocenters. The van der Waals surface area contributed by atoms with E-state index in [0.717, 1.165) is 22.0 Å². The lowest BCUT2D eigenvalue weighted by molar-refractivity contribution is 0.619. The summed E-state index contributed by atoms with van der Waals surface area (Å²) >= 11 is 1.56. The highest BCUT2D eigenvalue weighted by Crippen LogP contribution is 2.29. The van der Waals surface area contributed by atoms with Gasteiger partial charge in [0.25, 0.3) is 0 Å². The minimum Gasteiger partial charge on any atom is -0.313 e. The SMILES string of the molecule is CCNCc1cc(F)ccc1Sc1ccccn1. The number of halogens is 1. The summed E-state index contributed by atoms with van der Waals surface area (Å²) in [6.45, 7) is 3.57. The maximum Gasteiger partial charge on any atom is 0.123 e. The first-order chi connectivity index (χ1) is 8.79. The van der Waals surface area contributed by atoms with Crippen LogP contribution in [0.4, 0.5) is 4.39 Å². The minimum atomic E-state index is -0.201. The van der Waals surface area contributed by atoms with Gasteiger partial charge >= 0.3 is 0 Å². The Morgan fingerprint density at radius 2 is 2.17 bits per heavy atom. The molecule has 18 heavy (non-hydrogen) atoms. The van der Waals surface area contributed by atoms with Crippen molar-refractivity contribution in [3.8, 4) is 0 Å². The predicted molar refractivity (Wildman–Crippen MR) is 72.1 cm³/mol. The molecule has 1 heterocycles. The van der Waals surface area contributed by atoms with Crippen molar-refractivity contribution in [1.82, 2.24) is 10.3 Å². The van der Waals surface area contributed by atoms with Gasteiger partial charge in [-0.25, -0.2) is 9.37 Å². The van der Waals surface area contributed by atoms with Gasteiger partial charge in [-0.15, -0.1) is 0 Å². The van der Waals surface area contributed by atoms with E-state index in [9.17, 15) is 4.39 Å². The van der Waals surface area contributed by atoms with E-state index in [-0.39, 0.29) is 5.82 Å². The van der Waals surface area contributed by atoms with E-state index < -0.39 is 0 Å². The summed E-state index contributed by atoms with van der Waals surface area (Å²) < 4.78 is 13.3. The van der Waals surface area contributed by atoms with Crippen LogP contribution in [0, 0.1) is 5.82 Å². The molecule has 0 saturated carbocycles. The van der Waals surface area contributed by atoms with Gasteiger partial charge in [0.1, 0.15) is 10.8 Å². The van der Waals surface area contributed by atoms with Crippen LogP contribution in [0.2, 0.25) is 0 Å². The fourth-order valence-electron chi connectivity index (χ4n) is 1.57. The number of rotatable bonds is 5. The van der Waals surface area contributed by atoms with Gasteiger partial charge in [0.2, 0.25) is 0 Å². The Kier molecular flexibility index (Phi) is 4.73. The van der Waals surface area contributed by atoms with Crippen molar-refractivity contribution in [2.75, 3.05) is 6.54 Å². The lowest BCUT2D eigenvalue weighted by Crippen LogP contribution is -2.12. The number of aromatic nitrogens is 1. The molecule has 0 spiro atoms. The van der Waals surface area contributed by atoms with Crippen molar-refractivity contribution >= 4 is 11.8 Å². The van der Waals surface area contributed by atoms with Crippen molar-refractivity contribution in [1.29, 1.82) is 0 Å². The van der Waals surface area contributed by atoms with E-state index in [1.807, 2.05) is 25.1 Å². The highest BCUT2D eigenvalue weighted by Gasteiger charge is 2.06.